The van der Waals surface area contributed by atoms with Crippen molar-refractivity contribution in [1.82, 2.24) is 4.90 Å². The van der Waals surface area contributed by atoms with Crippen LogP contribution in [0.15, 0.2) is 0 Å². The first-order valence-corrected chi connectivity index (χ1v) is 5.55. The molecule has 1 amide bonds. The first-order chi connectivity index (χ1) is 7.65. The molecule has 2 aliphatic rings. The molecule has 2 rings (SSSR count). The van der Waals surface area contributed by atoms with E-state index >= 15 is 0 Å². The van der Waals surface area contributed by atoms with Crippen LogP contribution in [0.5, 0.6) is 0 Å². The van der Waals surface area contributed by atoms with Gasteiger partial charge in [-0.05, 0) is 19.3 Å². The lowest BCUT2D eigenvalue weighted by Crippen LogP contribution is -2.35. The zero-order valence-electron chi connectivity index (χ0n) is 8.93. The maximum atomic E-state index is 12.0. The molecule has 86 valence electrons. The van der Waals surface area contributed by atoms with Crippen molar-refractivity contribution in [3.05, 3.63) is 0 Å². The fraction of sp³-hybridized carbons (Fsp3) is 0.727. The summed E-state index contributed by atoms with van der Waals surface area (Å²) in [6.45, 7) is 0.447. The van der Waals surface area contributed by atoms with Crippen molar-refractivity contribution in [3.63, 3.8) is 0 Å². The minimum Gasteiger partial charge on any atom is -0.481 e. The summed E-state index contributed by atoms with van der Waals surface area (Å²) in [6, 6.07) is 2.28. The number of carboxylic acid groups (broad SMARTS) is 1. The normalized spacial score (nSPS) is 26.9. The van der Waals surface area contributed by atoms with Gasteiger partial charge in [0.2, 0.25) is 5.91 Å². The maximum Gasteiger partial charge on any atom is 0.307 e. The maximum absolute atomic E-state index is 12.0. The zero-order chi connectivity index (χ0) is 11.7. The van der Waals surface area contributed by atoms with Gasteiger partial charge in [0.15, 0.2) is 0 Å². The van der Waals surface area contributed by atoms with Gasteiger partial charge < -0.3 is 10.0 Å². The van der Waals surface area contributed by atoms with Crippen molar-refractivity contribution < 1.29 is 14.7 Å². The quantitative estimate of drug-likeness (QED) is 0.739. The number of carbonyl (C=O) groups is 2. The summed E-state index contributed by atoms with van der Waals surface area (Å²) >= 11 is 0. The van der Waals surface area contributed by atoms with Crippen LogP contribution in [0.2, 0.25) is 0 Å². The molecule has 0 radical (unpaired) electrons. The van der Waals surface area contributed by atoms with Crippen LogP contribution in [0.25, 0.3) is 0 Å². The Kier molecular flexibility index (Phi) is 2.82. The number of hydrogen-bond acceptors (Lipinski definition) is 3. The SMILES string of the molecule is N#CCCN(C(=O)[C@@H]1C[C@@H]1C(=O)O)C1CC1. The third-order valence-corrected chi connectivity index (χ3v) is 3.16. The van der Waals surface area contributed by atoms with E-state index in [0.717, 1.165) is 12.8 Å². The van der Waals surface area contributed by atoms with Gasteiger partial charge in [0.25, 0.3) is 0 Å². The van der Waals surface area contributed by atoms with E-state index in [2.05, 4.69) is 0 Å². The Morgan fingerprint density at radius 2 is 2.06 bits per heavy atom. The van der Waals surface area contributed by atoms with E-state index in [1.165, 1.54) is 0 Å². The monoisotopic (exact) mass is 222 g/mol. The first kappa shape index (κ1) is 10.9. The predicted molar refractivity (Wildman–Crippen MR) is 54.2 cm³/mol. The van der Waals surface area contributed by atoms with Crippen molar-refractivity contribution in [2.24, 2.45) is 11.8 Å². The Hall–Kier alpha value is -1.57. The third-order valence-electron chi connectivity index (χ3n) is 3.16. The Bertz CT molecular complexity index is 357. The molecule has 1 N–H and O–H groups in total. The molecule has 0 unspecified atom stereocenters. The van der Waals surface area contributed by atoms with E-state index in [4.69, 9.17) is 10.4 Å². The largest absolute Gasteiger partial charge is 0.481 e. The van der Waals surface area contributed by atoms with E-state index in [1.807, 2.05) is 6.07 Å². The number of aliphatic carboxylic acids is 1. The molecule has 2 aliphatic carbocycles. The van der Waals surface area contributed by atoms with Crippen molar-refractivity contribution in [3.8, 4) is 6.07 Å². The number of carboxylic acids is 1. The second-order valence-corrected chi connectivity index (χ2v) is 4.46. The number of carbonyl (C=O) groups excluding carboxylic acids is 1. The summed E-state index contributed by atoms with van der Waals surface area (Å²) in [5.74, 6) is -1.77. The van der Waals surface area contributed by atoms with E-state index < -0.39 is 11.9 Å². The molecule has 0 spiro atoms. The molecule has 0 aromatic rings. The van der Waals surface area contributed by atoms with Crippen molar-refractivity contribution in [2.45, 2.75) is 31.7 Å². The number of nitrogens with zero attached hydrogens (tertiary/aromatic N) is 2. The molecule has 2 saturated carbocycles. The van der Waals surface area contributed by atoms with Crippen LogP contribution >= 0.6 is 0 Å². The molecule has 2 atom stereocenters. The molecule has 2 fully saturated rings. The summed E-state index contributed by atoms with van der Waals surface area (Å²) in [7, 11) is 0. The molecule has 0 bridgehead atoms. The highest BCUT2D eigenvalue weighted by Crippen LogP contribution is 2.42. The van der Waals surface area contributed by atoms with E-state index in [0.29, 0.717) is 19.4 Å². The molecular formula is C11H14N2O3. The average molecular weight is 222 g/mol. The minimum absolute atomic E-state index is 0.0647. The highest BCUT2D eigenvalue weighted by Gasteiger charge is 2.51. The molecule has 5 nitrogen and oxygen atoms in total. The van der Waals surface area contributed by atoms with Crippen LogP contribution in [0, 0.1) is 23.2 Å². The Morgan fingerprint density at radius 1 is 1.38 bits per heavy atom. The fourth-order valence-electron chi connectivity index (χ4n) is 1.98. The zero-order valence-corrected chi connectivity index (χ0v) is 8.93. The fourth-order valence-corrected chi connectivity index (χ4v) is 1.98. The Labute approximate surface area is 93.6 Å². The molecule has 0 heterocycles. The molecule has 0 aromatic heterocycles. The average Bonchev–Trinajstić information content (AvgIpc) is 3.10. The summed E-state index contributed by atoms with van der Waals surface area (Å²) < 4.78 is 0. The number of hydrogen-bond donors (Lipinski definition) is 1. The van der Waals surface area contributed by atoms with Crippen molar-refractivity contribution >= 4 is 11.9 Å². The van der Waals surface area contributed by atoms with Gasteiger partial charge in [-0.25, -0.2) is 0 Å². The van der Waals surface area contributed by atoms with E-state index in [9.17, 15) is 9.59 Å². The predicted octanol–water partition coefficient (Wildman–Crippen LogP) is 0.612. The van der Waals surface area contributed by atoms with Crippen LogP contribution in [0.4, 0.5) is 0 Å². The van der Waals surface area contributed by atoms with Gasteiger partial charge >= 0.3 is 5.97 Å². The second kappa shape index (κ2) is 4.12. The van der Waals surface area contributed by atoms with Crippen LogP contribution in [0.1, 0.15) is 25.7 Å². The summed E-state index contributed by atoms with van der Waals surface area (Å²) in [6.07, 6.45) is 2.76. The van der Waals surface area contributed by atoms with Gasteiger partial charge in [0.1, 0.15) is 0 Å². The standard InChI is InChI=1S/C11H14N2O3/c12-4-1-5-13(7-2-3-7)10(14)8-6-9(8)11(15)16/h7-9H,1-3,5-6H2,(H,15,16)/t8-,9+/m1/s1. The molecular weight excluding hydrogens is 208 g/mol. The van der Waals surface area contributed by atoms with Gasteiger partial charge in [-0.15, -0.1) is 0 Å². The van der Waals surface area contributed by atoms with Crippen LogP contribution in [-0.4, -0.2) is 34.5 Å². The van der Waals surface area contributed by atoms with Crippen molar-refractivity contribution in [2.75, 3.05) is 6.54 Å². The number of nitriles is 1. The number of amides is 1. The topological polar surface area (TPSA) is 81.4 Å². The lowest BCUT2D eigenvalue weighted by atomic mass is 10.2. The Morgan fingerprint density at radius 3 is 2.50 bits per heavy atom. The summed E-state index contributed by atoms with van der Waals surface area (Å²) in [5.41, 5.74) is 0. The van der Waals surface area contributed by atoms with Gasteiger partial charge in [-0.3, -0.25) is 9.59 Å². The third kappa shape index (κ3) is 2.16. The smallest absolute Gasteiger partial charge is 0.307 e. The molecule has 16 heavy (non-hydrogen) atoms. The van der Waals surface area contributed by atoms with Gasteiger partial charge in [0.05, 0.1) is 24.3 Å². The van der Waals surface area contributed by atoms with Crippen LogP contribution < -0.4 is 0 Å². The lowest BCUT2D eigenvalue weighted by molar-refractivity contribution is -0.142. The summed E-state index contributed by atoms with van der Waals surface area (Å²) in [4.78, 5) is 24.3. The van der Waals surface area contributed by atoms with Gasteiger partial charge in [-0.2, -0.15) is 5.26 Å². The lowest BCUT2D eigenvalue weighted by Gasteiger charge is -2.21. The molecule has 0 aromatic carbocycles. The molecule has 0 saturated heterocycles. The van der Waals surface area contributed by atoms with Gasteiger partial charge in [0, 0.05) is 12.6 Å². The number of rotatable bonds is 5. The highest BCUT2D eigenvalue weighted by molar-refractivity contribution is 5.89. The Balaban J connectivity index is 1.91. The second-order valence-electron chi connectivity index (χ2n) is 4.46. The van der Waals surface area contributed by atoms with Gasteiger partial charge in [-0.1, -0.05) is 0 Å². The molecule has 5 heteroatoms. The van der Waals surface area contributed by atoms with E-state index in [1.54, 1.807) is 4.90 Å². The minimum atomic E-state index is -0.880. The highest BCUT2D eigenvalue weighted by atomic mass is 16.4. The van der Waals surface area contributed by atoms with E-state index in [-0.39, 0.29) is 17.9 Å². The van der Waals surface area contributed by atoms with Crippen LogP contribution in [0.3, 0.4) is 0 Å². The first-order valence-electron chi connectivity index (χ1n) is 5.55. The van der Waals surface area contributed by atoms with Crippen LogP contribution in [-0.2, 0) is 9.59 Å². The summed E-state index contributed by atoms with van der Waals surface area (Å²) in [5, 5.41) is 17.3. The van der Waals surface area contributed by atoms with Crippen molar-refractivity contribution in [1.29, 1.82) is 5.26 Å². The molecule has 0 aliphatic heterocycles.